The first-order valence-electron chi connectivity index (χ1n) is 12.1. The SMILES string of the molecule is O=C(c1ccc(Oc2ccc(Cc3nn[nH]n3)cc2)cc1)N1CC(CC2CC3CCC2C3)C1. The lowest BCUT2D eigenvalue weighted by molar-refractivity contribution is 0.0428. The summed E-state index contributed by atoms with van der Waals surface area (Å²) in [5.74, 6) is 5.87. The van der Waals surface area contributed by atoms with Crippen molar-refractivity contribution in [3.05, 3.63) is 65.5 Å². The number of carbonyl (C=O) groups is 1. The van der Waals surface area contributed by atoms with Gasteiger partial charge in [-0.25, -0.2) is 0 Å². The van der Waals surface area contributed by atoms with E-state index < -0.39 is 0 Å². The van der Waals surface area contributed by atoms with E-state index in [2.05, 4.69) is 20.6 Å². The van der Waals surface area contributed by atoms with E-state index in [4.69, 9.17) is 4.74 Å². The van der Waals surface area contributed by atoms with E-state index in [0.29, 0.717) is 18.2 Å². The van der Waals surface area contributed by atoms with Crippen molar-refractivity contribution >= 4 is 5.91 Å². The zero-order valence-electron chi connectivity index (χ0n) is 18.7. The van der Waals surface area contributed by atoms with Crippen LogP contribution in [0.3, 0.4) is 0 Å². The van der Waals surface area contributed by atoms with Gasteiger partial charge in [0.05, 0.1) is 0 Å². The molecule has 2 heterocycles. The molecule has 0 spiro atoms. The quantitative estimate of drug-likeness (QED) is 0.582. The minimum Gasteiger partial charge on any atom is -0.457 e. The zero-order valence-corrected chi connectivity index (χ0v) is 18.7. The number of rotatable bonds is 7. The monoisotopic (exact) mass is 443 g/mol. The van der Waals surface area contributed by atoms with Crippen LogP contribution < -0.4 is 4.74 Å². The van der Waals surface area contributed by atoms with E-state index in [9.17, 15) is 4.79 Å². The Labute approximate surface area is 193 Å². The first-order chi connectivity index (χ1) is 16.2. The Morgan fingerprint density at radius 3 is 2.39 bits per heavy atom. The first kappa shape index (κ1) is 20.4. The van der Waals surface area contributed by atoms with Gasteiger partial charge in [-0.05, 0) is 91.3 Å². The maximum Gasteiger partial charge on any atom is 0.253 e. The highest BCUT2D eigenvalue weighted by atomic mass is 16.5. The maximum absolute atomic E-state index is 12.8. The largest absolute Gasteiger partial charge is 0.457 e. The third-order valence-electron chi connectivity index (χ3n) is 7.78. The van der Waals surface area contributed by atoms with Crippen molar-refractivity contribution in [2.75, 3.05) is 13.1 Å². The number of nitrogens with zero attached hydrogens (tertiary/aromatic N) is 4. The molecule has 1 amide bonds. The summed E-state index contributed by atoms with van der Waals surface area (Å²) in [4.78, 5) is 14.8. The molecule has 2 aliphatic carbocycles. The molecule has 1 saturated heterocycles. The molecular formula is C26H29N5O2. The second-order valence-corrected chi connectivity index (χ2v) is 10.0. The summed E-state index contributed by atoms with van der Waals surface area (Å²) >= 11 is 0. The Morgan fingerprint density at radius 1 is 1.00 bits per heavy atom. The standard InChI is InChI=1S/C26H29N5O2/c32-26(31-15-19(16-31)13-22-12-18-1-4-21(22)11-18)20-5-9-24(10-6-20)33-23-7-2-17(3-8-23)14-25-27-29-30-28-25/h2-3,5-10,18-19,21-22H,1,4,11-16H2,(H,27,28,29,30). The van der Waals surface area contributed by atoms with Crippen molar-refractivity contribution in [1.29, 1.82) is 0 Å². The van der Waals surface area contributed by atoms with Crippen LogP contribution in [0.1, 0.15) is 53.8 Å². The molecule has 6 rings (SSSR count). The normalized spacial score (nSPS) is 24.1. The van der Waals surface area contributed by atoms with E-state index >= 15 is 0 Å². The predicted octanol–water partition coefficient (Wildman–Crippen LogP) is 4.48. The molecule has 3 aliphatic rings. The minimum absolute atomic E-state index is 0.136. The predicted molar refractivity (Wildman–Crippen MR) is 123 cm³/mol. The number of fused-ring (bicyclic) bond motifs is 2. The zero-order chi connectivity index (χ0) is 22.2. The molecule has 33 heavy (non-hydrogen) atoms. The lowest BCUT2D eigenvalue weighted by Gasteiger charge is -2.41. The molecule has 1 aliphatic heterocycles. The molecule has 3 atom stereocenters. The highest BCUT2D eigenvalue weighted by Crippen LogP contribution is 2.51. The van der Waals surface area contributed by atoms with Gasteiger partial charge in [0.15, 0.2) is 5.82 Å². The third-order valence-corrected chi connectivity index (χ3v) is 7.78. The van der Waals surface area contributed by atoms with Crippen molar-refractivity contribution in [1.82, 2.24) is 25.5 Å². The lowest BCUT2D eigenvalue weighted by atomic mass is 9.79. The number of benzene rings is 2. The Balaban J connectivity index is 0.991. The van der Waals surface area contributed by atoms with E-state index in [1.807, 2.05) is 53.4 Å². The van der Waals surface area contributed by atoms with Crippen LogP contribution in [0.15, 0.2) is 48.5 Å². The van der Waals surface area contributed by atoms with Crippen LogP contribution in [0.25, 0.3) is 0 Å². The molecule has 2 saturated carbocycles. The summed E-state index contributed by atoms with van der Waals surface area (Å²) in [5, 5.41) is 14.0. The summed E-state index contributed by atoms with van der Waals surface area (Å²) in [7, 11) is 0. The average molecular weight is 444 g/mol. The highest BCUT2D eigenvalue weighted by Gasteiger charge is 2.42. The Bertz CT molecular complexity index is 1090. The highest BCUT2D eigenvalue weighted by molar-refractivity contribution is 5.94. The number of aromatic amines is 1. The van der Waals surface area contributed by atoms with Gasteiger partial charge in [0.1, 0.15) is 11.5 Å². The molecule has 2 aromatic carbocycles. The Kier molecular flexibility index (Phi) is 5.32. The molecule has 7 nitrogen and oxygen atoms in total. The topological polar surface area (TPSA) is 84.0 Å². The fourth-order valence-corrected chi connectivity index (χ4v) is 6.08. The number of hydrogen-bond donors (Lipinski definition) is 1. The molecule has 3 aromatic rings. The Hall–Kier alpha value is -3.22. The van der Waals surface area contributed by atoms with Crippen molar-refractivity contribution in [3.63, 3.8) is 0 Å². The van der Waals surface area contributed by atoms with Gasteiger partial charge in [-0.15, -0.1) is 10.2 Å². The van der Waals surface area contributed by atoms with Crippen LogP contribution in [0.4, 0.5) is 0 Å². The fourth-order valence-electron chi connectivity index (χ4n) is 6.08. The van der Waals surface area contributed by atoms with Gasteiger partial charge in [-0.3, -0.25) is 4.79 Å². The van der Waals surface area contributed by atoms with E-state index in [-0.39, 0.29) is 5.91 Å². The van der Waals surface area contributed by atoms with Gasteiger partial charge in [-0.2, -0.15) is 5.21 Å². The number of carbonyl (C=O) groups excluding carboxylic acids is 1. The van der Waals surface area contributed by atoms with E-state index in [1.54, 1.807) is 0 Å². The number of H-pyrrole nitrogens is 1. The molecule has 0 radical (unpaired) electrons. The number of hydrogen-bond acceptors (Lipinski definition) is 5. The number of amides is 1. The summed E-state index contributed by atoms with van der Waals surface area (Å²) in [5.41, 5.74) is 1.81. The molecule has 3 fully saturated rings. The average Bonchev–Trinajstić information content (AvgIpc) is 3.56. The second-order valence-electron chi connectivity index (χ2n) is 10.0. The molecule has 170 valence electrons. The van der Waals surface area contributed by atoms with Gasteiger partial charge in [0.2, 0.25) is 0 Å². The van der Waals surface area contributed by atoms with Crippen molar-refractivity contribution in [2.45, 2.75) is 38.5 Å². The van der Waals surface area contributed by atoms with Crippen LogP contribution in [-0.2, 0) is 6.42 Å². The van der Waals surface area contributed by atoms with Gasteiger partial charge in [0, 0.05) is 25.1 Å². The first-order valence-corrected chi connectivity index (χ1v) is 12.1. The van der Waals surface area contributed by atoms with Crippen LogP contribution >= 0.6 is 0 Å². The second kappa shape index (κ2) is 8.61. The minimum atomic E-state index is 0.136. The molecule has 1 aromatic heterocycles. The van der Waals surface area contributed by atoms with Gasteiger partial charge in [0.25, 0.3) is 5.91 Å². The maximum atomic E-state index is 12.8. The summed E-state index contributed by atoms with van der Waals surface area (Å²) in [6.45, 7) is 1.84. The number of nitrogens with one attached hydrogen (secondary N) is 1. The van der Waals surface area contributed by atoms with Gasteiger partial charge in [-0.1, -0.05) is 23.8 Å². The molecule has 7 heteroatoms. The van der Waals surface area contributed by atoms with E-state index in [0.717, 1.165) is 53.5 Å². The smallest absolute Gasteiger partial charge is 0.253 e. The molecule has 1 N–H and O–H groups in total. The fraction of sp³-hybridized carbons (Fsp3) is 0.462. The Morgan fingerprint density at radius 2 is 1.76 bits per heavy atom. The van der Waals surface area contributed by atoms with E-state index in [1.165, 1.54) is 32.1 Å². The molecule has 2 bridgehead atoms. The van der Waals surface area contributed by atoms with Crippen LogP contribution in [-0.4, -0.2) is 44.5 Å². The molecule has 3 unspecified atom stereocenters. The van der Waals surface area contributed by atoms with Crippen LogP contribution in [0, 0.1) is 23.7 Å². The third kappa shape index (κ3) is 4.36. The van der Waals surface area contributed by atoms with Gasteiger partial charge < -0.3 is 9.64 Å². The number of aromatic nitrogens is 4. The number of likely N-dealkylation sites (tertiary alicyclic amines) is 1. The van der Waals surface area contributed by atoms with Gasteiger partial charge >= 0.3 is 0 Å². The summed E-state index contributed by atoms with van der Waals surface area (Å²) in [6, 6.07) is 15.3. The van der Waals surface area contributed by atoms with Crippen molar-refractivity contribution < 1.29 is 9.53 Å². The summed E-state index contributed by atoms with van der Waals surface area (Å²) < 4.78 is 5.95. The van der Waals surface area contributed by atoms with Crippen molar-refractivity contribution in [3.8, 4) is 11.5 Å². The van der Waals surface area contributed by atoms with Crippen LogP contribution in [0.5, 0.6) is 11.5 Å². The van der Waals surface area contributed by atoms with Crippen LogP contribution in [0.2, 0.25) is 0 Å². The number of tetrazole rings is 1. The molecular weight excluding hydrogens is 414 g/mol. The lowest BCUT2D eigenvalue weighted by Crippen LogP contribution is -2.50. The van der Waals surface area contributed by atoms with Crippen molar-refractivity contribution in [2.24, 2.45) is 23.7 Å². The summed E-state index contributed by atoms with van der Waals surface area (Å²) in [6.07, 6.45) is 7.77. The number of ether oxygens (including phenoxy) is 1.